The Hall–Kier alpha value is -1.96. The van der Waals surface area contributed by atoms with E-state index in [0.717, 1.165) is 16.8 Å². The van der Waals surface area contributed by atoms with Crippen molar-refractivity contribution in [2.75, 3.05) is 0 Å². The first-order chi connectivity index (χ1) is 8.25. The first-order valence-corrected chi connectivity index (χ1v) is 5.56. The molecule has 0 aliphatic heterocycles. The maximum atomic E-state index is 12.7. The van der Waals surface area contributed by atoms with Crippen molar-refractivity contribution in [2.45, 2.75) is 13.5 Å². The second-order valence-corrected chi connectivity index (χ2v) is 3.89. The van der Waals surface area contributed by atoms with Crippen molar-refractivity contribution >= 4 is 5.71 Å². The minimum atomic E-state index is -0.211. The fraction of sp³-hybridized carbons (Fsp3) is 0.133. The predicted molar refractivity (Wildman–Crippen MR) is 68.8 cm³/mol. The molecule has 2 heteroatoms. The van der Waals surface area contributed by atoms with E-state index in [0.29, 0.717) is 6.54 Å². The zero-order chi connectivity index (χ0) is 12.1. The second kappa shape index (κ2) is 5.39. The normalized spacial score (nSPS) is 11.5. The van der Waals surface area contributed by atoms with Gasteiger partial charge in [0.1, 0.15) is 5.82 Å². The molecular formula is C15H14FN. The van der Waals surface area contributed by atoms with Crippen molar-refractivity contribution in [1.82, 2.24) is 0 Å². The van der Waals surface area contributed by atoms with E-state index in [2.05, 4.69) is 4.99 Å². The Morgan fingerprint density at radius 3 is 2.29 bits per heavy atom. The van der Waals surface area contributed by atoms with Crippen molar-refractivity contribution < 1.29 is 4.39 Å². The number of halogens is 1. The van der Waals surface area contributed by atoms with Crippen molar-refractivity contribution in [3.05, 3.63) is 71.5 Å². The molecule has 2 aromatic rings. The fourth-order valence-electron chi connectivity index (χ4n) is 1.57. The lowest BCUT2D eigenvalue weighted by Gasteiger charge is -2.01. The summed E-state index contributed by atoms with van der Waals surface area (Å²) in [5.41, 5.74) is 3.13. The Morgan fingerprint density at radius 2 is 1.65 bits per heavy atom. The molecular weight excluding hydrogens is 213 g/mol. The van der Waals surface area contributed by atoms with Crippen molar-refractivity contribution in [3.8, 4) is 0 Å². The van der Waals surface area contributed by atoms with Crippen LogP contribution >= 0.6 is 0 Å². The molecule has 2 aromatic carbocycles. The summed E-state index contributed by atoms with van der Waals surface area (Å²) < 4.78 is 12.7. The molecule has 1 nitrogen and oxygen atoms in total. The predicted octanol–water partition coefficient (Wildman–Crippen LogP) is 3.83. The average Bonchev–Trinajstić information content (AvgIpc) is 2.39. The Kier molecular flexibility index (Phi) is 3.66. The van der Waals surface area contributed by atoms with Gasteiger partial charge in [-0.1, -0.05) is 42.5 Å². The zero-order valence-corrected chi connectivity index (χ0v) is 9.73. The van der Waals surface area contributed by atoms with E-state index in [9.17, 15) is 4.39 Å². The van der Waals surface area contributed by atoms with Crippen LogP contribution < -0.4 is 0 Å². The molecule has 0 aromatic heterocycles. The maximum Gasteiger partial charge on any atom is 0.123 e. The molecule has 0 aliphatic rings. The van der Waals surface area contributed by atoms with Crippen LogP contribution in [0.3, 0.4) is 0 Å². The van der Waals surface area contributed by atoms with Crippen molar-refractivity contribution in [1.29, 1.82) is 0 Å². The van der Waals surface area contributed by atoms with Gasteiger partial charge >= 0.3 is 0 Å². The summed E-state index contributed by atoms with van der Waals surface area (Å²) >= 11 is 0. The first-order valence-electron chi connectivity index (χ1n) is 5.56. The maximum absolute atomic E-state index is 12.7. The quantitative estimate of drug-likeness (QED) is 0.706. The summed E-state index contributed by atoms with van der Waals surface area (Å²) in [7, 11) is 0. The Labute approximate surface area is 101 Å². The van der Waals surface area contributed by atoms with Gasteiger partial charge in [0.25, 0.3) is 0 Å². The van der Waals surface area contributed by atoms with E-state index in [4.69, 9.17) is 0 Å². The topological polar surface area (TPSA) is 12.4 Å². The molecule has 0 atom stereocenters. The van der Waals surface area contributed by atoms with Gasteiger partial charge in [-0.25, -0.2) is 4.39 Å². The summed E-state index contributed by atoms with van der Waals surface area (Å²) in [4.78, 5) is 4.49. The molecule has 0 saturated heterocycles. The van der Waals surface area contributed by atoms with E-state index in [1.807, 2.05) is 37.3 Å². The molecule has 2 rings (SSSR count). The van der Waals surface area contributed by atoms with Crippen molar-refractivity contribution in [3.63, 3.8) is 0 Å². The van der Waals surface area contributed by atoms with Gasteiger partial charge in [0, 0.05) is 5.71 Å². The van der Waals surface area contributed by atoms with Crippen LogP contribution in [-0.4, -0.2) is 5.71 Å². The van der Waals surface area contributed by atoms with Crippen molar-refractivity contribution in [2.24, 2.45) is 4.99 Å². The van der Waals surface area contributed by atoms with Crippen LogP contribution in [0.4, 0.5) is 4.39 Å². The molecule has 0 aliphatic carbocycles. The molecule has 17 heavy (non-hydrogen) atoms. The molecule has 0 radical (unpaired) electrons. The third-order valence-electron chi connectivity index (χ3n) is 2.60. The summed E-state index contributed by atoms with van der Waals surface area (Å²) in [6, 6.07) is 16.5. The lowest BCUT2D eigenvalue weighted by molar-refractivity contribution is 0.627. The Morgan fingerprint density at radius 1 is 1.00 bits per heavy atom. The third-order valence-corrected chi connectivity index (χ3v) is 2.60. The van der Waals surface area contributed by atoms with E-state index >= 15 is 0 Å². The van der Waals surface area contributed by atoms with E-state index in [1.165, 1.54) is 12.1 Å². The standard InChI is InChI=1S/C15H14FN/c1-12(14-5-3-2-4-6-14)17-11-13-7-9-15(16)10-8-13/h2-10H,11H2,1H3. The van der Waals surface area contributed by atoms with Gasteiger partial charge in [-0.2, -0.15) is 0 Å². The van der Waals surface area contributed by atoms with Crippen LogP contribution in [-0.2, 0) is 6.54 Å². The summed E-state index contributed by atoms with van der Waals surface area (Å²) in [6.07, 6.45) is 0. The number of hydrogen-bond acceptors (Lipinski definition) is 1. The molecule has 0 amide bonds. The summed E-state index contributed by atoms with van der Waals surface area (Å²) in [5.74, 6) is -0.211. The number of nitrogens with zero attached hydrogens (tertiary/aromatic N) is 1. The van der Waals surface area contributed by atoms with E-state index < -0.39 is 0 Å². The summed E-state index contributed by atoms with van der Waals surface area (Å²) in [6.45, 7) is 2.57. The fourth-order valence-corrected chi connectivity index (χ4v) is 1.57. The minimum Gasteiger partial charge on any atom is -0.285 e. The lowest BCUT2D eigenvalue weighted by Crippen LogP contribution is -1.95. The number of hydrogen-bond donors (Lipinski definition) is 0. The minimum absolute atomic E-state index is 0.211. The zero-order valence-electron chi connectivity index (χ0n) is 9.73. The molecule has 0 heterocycles. The number of aliphatic imine (C=N–C) groups is 1. The molecule has 0 saturated carbocycles. The second-order valence-electron chi connectivity index (χ2n) is 3.89. The highest BCUT2D eigenvalue weighted by Gasteiger charge is 1.96. The van der Waals surface area contributed by atoms with Crippen LogP contribution in [0.25, 0.3) is 0 Å². The smallest absolute Gasteiger partial charge is 0.123 e. The van der Waals surface area contributed by atoms with Crippen LogP contribution in [0.15, 0.2) is 59.6 Å². The Bertz CT molecular complexity index is 500. The monoisotopic (exact) mass is 227 g/mol. The largest absolute Gasteiger partial charge is 0.285 e. The Balaban J connectivity index is 2.08. The SMILES string of the molecule is CC(=NCc1ccc(F)cc1)c1ccccc1. The molecule has 0 unspecified atom stereocenters. The first kappa shape index (κ1) is 11.5. The van der Waals surface area contributed by atoms with Crippen LogP contribution in [0.1, 0.15) is 18.1 Å². The van der Waals surface area contributed by atoms with E-state index in [1.54, 1.807) is 12.1 Å². The van der Waals surface area contributed by atoms with Gasteiger partial charge in [-0.15, -0.1) is 0 Å². The van der Waals surface area contributed by atoms with Gasteiger partial charge in [0.05, 0.1) is 6.54 Å². The van der Waals surface area contributed by atoms with Gasteiger partial charge in [0.2, 0.25) is 0 Å². The van der Waals surface area contributed by atoms with Gasteiger partial charge < -0.3 is 0 Å². The number of rotatable bonds is 3. The van der Waals surface area contributed by atoms with Crippen LogP contribution in [0.2, 0.25) is 0 Å². The van der Waals surface area contributed by atoms with Gasteiger partial charge in [0.15, 0.2) is 0 Å². The highest BCUT2D eigenvalue weighted by Crippen LogP contribution is 2.06. The van der Waals surface area contributed by atoms with Crippen LogP contribution in [0, 0.1) is 5.82 Å². The molecule has 0 fully saturated rings. The molecule has 86 valence electrons. The van der Waals surface area contributed by atoms with Gasteiger partial charge in [-0.05, 0) is 30.2 Å². The third kappa shape index (κ3) is 3.25. The highest BCUT2D eigenvalue weighted by molar-refractivity contribution is 5.98. The lowest BCUT2D eigenvalue weighted by atomic mass is 10.1. The summed E-state index contributed by atoms with van der Waals surface area (Å²) in [5, 5.41) is 0. The molecule has 0 bridgehead atoms. The molecule has 0 N–H and O–H groups in total. The van der Waals surface area contributed by atoms with E-state index in [-0.39, 0.29) is 5.82 Å². The van der Waals surface area contributed by atoms with Crippen LogP contribution in [0.5, 0.6) is 0 Å². The van der Waals surface area contributed by atoms with Gasteiger partial charge in [-0.3, -0.25) is 4.99 Å². The highest BCUT2D eigenvalue weighted by atomic mass is 19.1. The average molecular weight is 227 g/mol. The number of benzene rings is 2. The molecule has 0 spiro atoms.